The van der Waals surface area contributed by atoms with Crippen molar-refractivity contribution in [2.75, 3.05) is 5.32 Å². The summed E-state index contributed by atoms with van der Waals surface area (Å²) in [5.41, 5.74) is 12.6. The van der Waals surface area contributed by atoms with Gasteiger partial charge < -0.3 is 11.1 Å². The predicted molar refractivity (Wildman–Crippen MR) is 136 cm³/mol. The fraction of sp³-hybridized carbons (Fsp3) is 0.286. The van der Waals surface area contributed by atoms with Crippen molar-refractivity contribution < 1.29 is 0 Å². The molecule has 4 nitrogen and oxygen atoms in total. The van der Waals surface area contributed by atoms with Crippen molar-refractivity contribution in [1.82, 2.24) is 4.98 Å². The summed E-state index contributed by atoms with van der Waals surface area (Å²) in [6.07, 6.45) is 8.07. The number of nitrogens with one attached hydrogen (secondary N) is 1. The lowest BCUT2D eigenvalue weighted by Gasteiger charge is -2.21. The first-order chi connectivity index (χ1) is 15.6. The average Bonchev–Trinajstić information content (AvgIpc) is 2.81. The maximum atomic E-state index is 6.16. The number of anilines is 1. The number of pyridine rings is 1. The van der Waals surface area contributed by atoms with Crippen LogP contribution in [0, 0.1) is 5.92 Å². The zero-order valence-electron chi connectivity index (χ0n) is 18.8. The zero-order chi connectivity index (χ0) is 22.3. The lowest BCUT2D eigenvalue weighted by Crippen LogP contribution is -2.22. The first kappa shape index (κ1) is 21.8. The molecule has 4 heteroatoms. The molecule has 0 bridgehead atoms. The van der Waals surface area contributed by atoms with Gasteiger partial charge in [0.25, 0.3) is 0 Å². The fourth-order valence-corrected chi connectivity index (χ4v) is 4.32. The second kappa shape index (κ2) is 10.3. The molecule has 1 fully saturated rings. The van der Waals surface area contributed by atoms with Gasteiger partial charge in [-0.15, -0.1) is 0 Å². The van der Waals surface area contributed by atoms with E-state index in [1.807, 2.05) is 25.1 Å². The average molecular weight is 425 g/mol. The van der Waals surface area contributed by atoms with Gasteiger partial charge in [-0.2, -0.15) is 4.99 Å². The second-order valence-corrected chi connectivity index (χ2v) is 8.77. The number of aromatic nitrogens is 1. The van der Waals surface area contributed by atoms with Gasteiger partial charge in [0.2, 0.25) is 0 Å². The summed E-state index contributed by atoms with van der Waals surface area (Å²) in [6.45, 7) is 5.99. The summed E-state index contributed by atoms with van der Waals surface area (Å²) in [7, 11) is 0. The first-order valence-electron chi connectivity index (χ1n) is 11.5. The Hall–Kier alpha value is -3.40. The van der Waals surface area contributed by atoms with Gasteiger partial charge in [-0.05, 0) is 54.7 Å². The molecule has 0 spiro atoms. The molecule has 0 saturated heterocycles. The van der Waals surface area contributed by atoms with Gasteiger partial charge >= 0.3 is 0 Å². The van der Waals surface area contributed by atoms with E-state index in [2.05, 4.69) is 70.4 Å². The molecule has 3 N–H and O–H groups in total. The molecular weight excluding hydrogens is 392 g/mol. The van der Waals surface area contributed by atoms with E-state index < -0.39 is 0 Å². The van der Waals surface area contributed by atoms with Crippen LogP contribution in [0.4, 0.5) is 11.5 Å². The van der Waals surface area contributed by atoms with E-state index in [0.717, 1.165) is 34.0 Å². The Morgan fingerprint density at radius 2 is 1.72 bits per heavy atom. The van der Waals surface area contributed by atoms with Crippen LogP contribution in [0.5, 0.6) is 0 Å². The minimum absolute atomic E-state index is 0.326. The van der Waals surface area contributed by atoms with Crippen LogP contribution in [0.25, 0.3) is 16.8 Å². The number of benzene rings is 2. The van der Waals surface area contributed by atoms with Gasteiger partial charge in [-0.3, -0.25) is 0 Å². The molecule has 1 aliphatic rings. The Bertz CT molecular complexity index is 1080. The van der Waals surface area contributed by atoms with Crippen molar-refractivity contribution in [2.24, 2.45) is 16.6 Å². The smallest absolute Gasteiger partial charge is 0.199 e. The third-order valence-corrected chi connectivity index (χ3v) is 6.12. The number of rotatable bonds is 6. The van der Waals surface area contributed by atoms with Crippen molar-refractivity contribution in [3.8, 4) is 11.3 Å². The van der Waals surface area contributed by atoms with Gasteiger partial charge in [0.05, 0.1) is 5.69 Å². The summed E-state index contributed by atoms with van der Waals surface area (Å²) in [6, 6.07) is 22.5. The van der Waals surface area contributed by atoms with Gasteiger partial charge in [-0.1, -0.05) is 86.7 Å². The summed E-state index contributed by atoms with van der Waals surface area (Å²) in [5.74, 6) is 1.74. The van der Waals surface area contributed by atoms with Crippen LogP contribution in [0.3, 0.4) is 0 Å². The molecule has 1 aliphatic carbocycles. The van der Waals surface area contributed by atoms with E-state index in [-0.39, 0.29) is 0 Å². The van der Waals surface area contributed by atoms with Crippen LogP contribution >= 0.6 is 0 Å². The number of hydrogen-bond donors (Lipinski definition) is 2. The number of aliphatic imine (C=N–C) groups is 1. The minimum atomic E-state index is 0.326. The Morgan fingerprint density at radius 1 is 1.00 bits per heavy atom. The predicted octanol–water partition coefficient (Wildman–Crippen LogP) is 6.96. The maximum absolute atomic E-state index is 6.16. The number of guanidine groups is 1. The van der Waals surface area contributed by atoms with Crippen molar-refractivity contribution in [3.63, 3.8) is 0 Å². The zero-order valence-corrected chi connectivity index (χ0v) is 18.8. The van der Waals surface area contributed by atoms with E-state index in [9.17, 15) is 0 Å². The van der Waals surface area contributed by atoms with Crippen LogP contribution in [0.15, 0.2) is 78.3 Å². The highest BCUT2D eigenvalue weighted by Gasteiger charge is 2.13. The quantitative estimate of drug-likeness (QED) is 0.332. The van der Waals surface area contributed by atoms with Crippen LogP contribution in [0.2, 0.25) is 0 Å². The molecule has 0 atom stereocenters. The van der Waals surface area contributed by atoms with E-state index in [4.69, 9.17) is 5.73 Å². The lowest BCUT2D eigenvalue weighted by atomic mass is 9.85. The number of nitrogens with zero attached hydrogens (tertiary/aromatic N) is 2. The molecule has 1 aromatic heterocycles. The van der Waals surface area contributed by atoms with Crippen molar-refractivity contribution >= 4 is 23.0 Å². The highest BCUT2D eigenvalue weighted by molar-refractivity contribution is 5.93. The Balaban J connectivity index is 1.40. The van der Waals surface area contributed by atoms with E-state index >= 15 is 0 Å². The SMILES string of the molecule is C=C(C)c1ccc(-c2cccc(N=C(N)Nc3ccc(CC4CCCCC4)cc3)n2)cc1. The topological polar surface area (TPSA) is 63.3 Å². The standard InChI is InChI=1S/C28H32N4/c1-20(2)23-13-15-24(16-14-23)26-9-6-10-27(31-26)32-28(29)30-25-17-11-22(12-18-25)19-21-7-4-3-5-8-21/h6,9-18,21H,1,3-5,7-8,19H2,2H3,(H3,29,30,31,32). The number of allylic oxidation sites excluding steroid dienone is 1. The molecule has 0 amide bonds. The van der Waals surface area contributed by atoms with Crippen molar-refractivity contribution in [1.29, 1.82) is 0 Å². The normalized spacial score (nSPS) is 14.8. The number of nitrogens with two attached hydrogens (primary N) is 1. The second-order valence-electron chi connectivity index (χ2n) is 8.77. The van der Waals surface area contributed by atoms with Gasteiger partial charge in [0.15, 0.2) is 11.8 Å². The Morgan fingerprint density at radius 3 is 2.41 bits per heavy atom. The van der Waals surface area contributed by atoms with E-state index in [0.29, 0.717) is 11.8 Å². The van der Waals surface area contributed by atoms with Crippen LogP contribution < -0.4 is 11.1 Å². The summed E-state index contributed by atoms with van der Waals surface area (Å²) in [5, 5.41) is 3.18. The highest BCUT2D eigenvalue weighted by Crippen LogP contribution is 2.27. The molecule has 1 saturated carbocycles. The van der Waals surface area contributed by atoms with E-state index in [1.165, 1.54) is 44.1 Å². The van der Waals surface area contributed by atoms with Crippen LogP contribution in [-0.4, -0.2) is 10.9 Å². The molecule has 1 heterocycles. The third kappa shape index (κ3) is 5.85. The molecule has 164 valence electrons. The lowest BCUT2D eigenvalue weighted by molar-refractivity contribution is 0.356. The molecule has 2 aromatic carbocycles. The Labute approximate surface area is 191 Å². The summed E-state index contributed by atoms with van der Waals surface area (Å²) >= 11 is 0. The third-order valence-electron chi connectivity index (χ3n) is 6.12. The maximum Gasteiger partial charge on any atom is 0.199 e. The van der Waals surface area contributed by atoms with Gasteiger partial charge in [-0.25, -0.2) is 4.98 Å². The van der Waals surface area contributed by atoms with E-state index in [1.54, 1.807) is 0 Å². The fourth-order valence-electron chi connectivity index (χ4n) is 4.32. The molecule has 4 rings (SSSR count). The van der Waals surface area contributed by atoms with Crippen molar-refractivity contribution in [3.05, 3.63) is 84.4 Å². The Kier molecular flexibility index (Phi) is 7.00. The molecule has 0 radical (unpaired) electrons. The van der Waals surface area contributed by atoms with Gasteiger partial charge in [0.1, 0.15) is 0 Å². The minimum Gasteiger partial charge on any atom is -0.369 e. The largest absolute Gasteiger partial charge is 0.369 e. The molecule has 32 heavy (non-hydrogen) atoms. The monoisotopic (exact) mass is 424 g/mol. The molecule has 0 aliphatic heterocycles. The number of hydrogen-bond acceptors (Lipinski definition) is 2. The highest BCUT2D eigenvalue weighted by atomic mass is 15.1. The van der Waals surface area contributed by atoms with Crippen LogP contribution in [0.1, 0.15) is 50.2 Å². The van der Waals surface area contributed by atoms with Gasteiger partial charge in [0, 0.05) is 11.3 Å². The summed E-state index contributed by atoms with van der Waals surface area (Å²) in [4.78, 5) is 9.11. The summed E-state index contributed by atoms with van der Waals surface area (Å²) < 4.78 is 0. The first-order valence-corrected chi connectivity index (χ1v) is 11.5. The van der Waals surface area contributed by atoms with Crippen molar-refractivity contribution in [2.45, 2.75) is 45.4 Å². The molecule has 0 unspecified atom stereocenters. The molecular formula is C28H32N4. The molecule has 3 aromatic rings. The van der Waals surface area contributed by atoms with Crippen LogP contribution in [-0.2, 0) is 6.42 Å².